The molecule has 1 aromatic rings. The van der Waals surface area contributed by atoms with E-state index in [9.17, 15) is 9.90 Å². The fourth-order valence-electron chi connectivity index (χ4n) is 11.7. The zero-order valence-electron chi connectivity index (χ0n) is 26.5. The Balaban J connectivity index is 0.00000108. The van der Waals surface area contributed by atoms with Gasteiger partial charge in [0.15, 0.2) is 0 Å². The maximum absolute atomic E-state index is 11.4. The monoisotopic (exact) mass is 560 g/mol. The summed E-state index contributed by atoms with van der Waals surface area (Å²) in [5, 5.41) is 13.4. The first-order valence-electron chi connectivity index (χ1n) is 16.5. The molecule has 4 N–H and O–H groups in total. The predicted octanol–water partition coefficient (Wildman–Crippen LogP) is 8.34. The van der Waals surface area contributed by atoms with Crippen molar-refractivity contribution in [3.05, 3.63) is 54.1 Å². The lowest BCUT2D eigenvalue weighted by Crippen LogP contribution is -2.63. The molecule has 0 spiro atoms. The topological polar surface area (TPSA) is 75.3 Å². The number of allylic oxidation sites excluding steroid dienone is 3. The van der Waals surface area contributed by atoms with Crippen molar-refractivity contribution in [1.82, 2.24) is 5.32 Å². The van der Waals surface area contributed by atoms with Crippen LogP contribution in [0.5, 0.6) is 0 Å². The van der Waals surface area contributed by atoms with E-state index in [1.54, 1.807) is 18.2 Å². The predicted molar refractivity (Wildman–Crippen MR) is 171 cm³/mol. The molecule has 1 aromatic carbocycles. The number of carboxylic acids is 1. The number of fused-ring (bicyclic) bond motifs is 7. The minimum atomic E-state index is -0.851. The summed E-state index contributed by atoms with van der Waals surface area (Å²) in [7, 11) is 0. The highest BCUT2D eigenvalue weighted by molar-refractivity contribution is 5.88. The third kappa shape index (κ3) is 4.85. The summed E-state index contributed by atoms with van der Waals surface area (Å²) in [5.41, 5.74) is 10.2. The minimum Gasteiger partial charge on any atom is -0.478 e. The molecule has 0 saturated heterocycles. The van der Waals surface area contributed by atoms with Crippen molar-refractivity contribution < 1.29 is 9.90 Å². The molecule has 0 radical (unpaired) electrons. The van der Waals surface area contributed by atoms with Crippen LogP contribution in [0, 0.1) is 45.8 Å². The Morgan fingerprint density at radius 2 is 1.68 bits per heavy atom. The molecule has 4 nitrogen and oxygen atoms in total. The number of nitrogens with two attached hydrogens (primary N) is 1. The number of benzene rings is 1. The highest BCUT2D eigenvalue weighted by Gasteiger charge is 2.65. The van der Waals surface area contributed by atoms with Gasteiger partial charge in [-0.3, -0.25) is 0 Å². The van der Waals surface area contributed by atoms with E-state index in [0.717, 1.165) is 43.2 Å². The minimum absolute atomic E-state index is 0.0786. The lowest BCUT2D eigenvalue weighted by molar-refractivity contribution is -0.172. The third-order valence-electron chi connectivity index (χ3n) is 13.2. The molecule has 226 valence electrons. The van der Waals surface area contributed by atoms with Crippen molar-refractivity contribution in [3.63, 3.8) is 0 Å². The van der Waals surface area contributed by atoms with Gasteiger partial charge >= 0.3 is 5.97 Å². The Hall–Kier alpha value is -1.91. The molecule has 4 heteroatoms. The van der Waals surface area contributed by atoms with Gasteiger partial charge in [0.05, 0.1) is 5.56 Å². The van der Waals surface area contributed by atoms with Gasteiger partial charge in [0.2, 0.25) is 0 Å². The van der Waals surface area contributed by atoms with E-state index < -0.39 is 5.97 Å². The van der Waals surface area contributed by atoms with Gasteiger partial charge in [-0.1, -0.05) is 58.4 Å². The molecule has 5 aliphatic rings. The number of hydrogen-bond acceptors (Lipinski definition) is 3. The summed E-state index contributed by atoms with van der Waals surface area (Å²) in [5.74, 6) is 3.19. The first kappa shape index (κ1) is 30.5. The van der Waals surface area contributed by atoms with Gasteiger partial charge in [-0.15, -0.1) is 6.58 Å². The van der Waals surface area contributed by atoms with E-state index >= 15 is 0 Å². The van der Waals surface area contributed by atoms with E-state index in [1.807, 2.05) is 19.1 Å². The van der Waals surface area contributed by atoms with Crippen LogP contribution in [-0.2, 0) is 0 Å². The van der Waals surface area contributed by atoms with Crippen LogP contribution in [0.4, 0.5) is 0 Å². The molecule has 0 amide bonds. The number of carbonyl (C=O) groups is 1. The molecule has 0 heterocycles. The van der Waals surface area contributed by atoms with Crippen molar-refractivity contribution in [1.29, 1.82) is 0 Å². The second-order valence-corrected chi connectivity index (χ2v) is 15.2. The number of aromatic carboxylic acids is 1. The average molecular weight is 561 g/mol. The summed E-state index contributed by atoms with van der Waals surface area (Å²) in [6.45, 7) is 17.3. The number of nitrogens with one attached hydrogen (secondary N) is 1. The number of hydrogen-bond donors (Lipinski definition) is 3. The maximum Gasteiger partial charge on any atom is 0.335 e. The molecule has 5 aliphatic carbocycles. The highest BCUT2D eigenvalue weighted by atomic mass is 16.4. The Bertz CT molecular complexity index is 1150. The van der Waals surface area contributed by atoms with Gasteiger partial charge in [-0.25, -0.2) is 4.79 Å². The molecule has 0 aromatic heterocycles. The Labute approximate surface area is 249 Å². The van der Waals surface area contributed by atoms with E-state index in [-0.39, 0.29) is 5.41 Å². The highest BCUT2D eigenvalue weighted by Crippen LogP contribution is 2.72. The maximum atomic E-state index is 11.4. The van der Waals surface area contributed by atoms with Gasteiger partial charge in [0.25, 0.3) is 0 Å². The van der Waals surface area contributed by atoms with Crippen LogP contribution in [0.25, 0.3) is 5.57 Å². The molecule has 4 saturated carbocycles. The van der Waals surface area contributed by atoms with Crippen LogP contribution in [0.15, 0.2) is 43.0 Å². The van der Waals surface area contributed by atoms with Crippen molar-refractivity contribution >= 4 is 11.5 Å². The van der Waals surface area contributed by atoms with Crippen molar-refractivity contribution in [2.45, 2.75) is 104 Å². The molecule has 41 heavy (non-hydrogen) atoms. The summed E-state index contributed by atoms with van der Waals surface area (Å²) >= 11 is 0. The van der Waals surface area contributed by atoms with E-state index in [1.165, 1.54) is 68.9 Å². The Kier molecular flexibility index (Phi) is 8.42. The molecule has 0 aliphatic heterocycles. The molecule has 0 bridgehead atoms. The zero-order valence-corrected chi connectivity index (χ0v) is 26.5. The van der Waals surface area contributed by atoms with Crippen LogP contribution < -0.4 is 11.1 Å². The van der Waals surface area contributed by atoms with Crippen LogP contribution in [0.2, 0.25) is 0 Å². The van der Waals surface area contributed by atoms with Gasteiger partial charge < -0.3 is 16.2 Å². The van der Waals surface area contributed by atoms with Gasteiger partial charge in [0.1, 0.15) is 0 Å². The molecule has 4 fully saturated rings. The fraction of sp³-hybridized carbons (Fsp3) is 0.703. The smallest absolute Gasteiger partial charge is 0.335 e. The van der Waals surface area contributed by atoms with Gasteiger partial charge in [-0.2, -0.15) is 0 Å². The van der Waals surface area contributed by atoms with E-state index in [4.69, 9.17) is 5.73 Å². The SMILES string of the molecule is C=CC.CC1(C)C(c2ccc(C(=O)O)cc2)=CCC2(C)C1CCC1(C)C3CCC4(NCCN)CCCC4C3CCC12. The standard InChI is InChI=1S/C34H50N2O2.C3H6/c1-31(2)25(22-7-9-23(10-8-22)30(37)38)13-17-33(4)28(31)15-18-32(3)26-14-19-34(36-21-20-35)16-5-6-27(34)24(26)11-12-29(32)33;1-3-2/h7-10,13,24,26-29,36H,5-6,11-12,14-21,35H2,1-4H3,(H,37,38);3H,1H2,2H3. The van der Waals surface area contributed by atoms with Crippen LogP contribution in [0.3, 0.4) is 0 Å². The first-order valence-corrected chi connectivity index (χ1v) is 16.5. The molecular weight excluding hydrogens is 504 g/mol. The van der Waals surface area contributed by atoms with Crippen molar-refractivity contribution in [3.8, 4) is 0 Å². The van der Waals surface area contributed by atoms with Crippen LogP contribution in [0.1, 0.15) is 115 Å². The molecule has 8 unspecified atom stereocenters. The molecular formula is C37H56N2O2. The summed E-state index contributed by atoms with van der Waals surface area (Å²) < 4.78 is 0. The van der Waals surface area contributed by atoms with Crippen molar-refractivity contribution in [2.75, 3.05) is 13.1 Å². The lowest BCUT2D eigenvalue weighted by Gasteiger charge is -2.68. The van der Waals surface area contributed by atoms with Crippen LogP contribution >= 0.6 is 0 Å². The van der Waals surface area contributed by atoms with E-state index in [2.05, 4.69) is 45.7 Å². The summed E-state index contributed by atoms with van der Waals surface area (Å²) in [6.07, 6.45) is 17.8. The lowest BCUT2D eigenvalue weighted by atomic mass is 9.37. The first-order chi connectivity index (χ1) is 19.5. The number of rotatable bonds is 5. The third-order valence-corrected chi connectivity index (χ3v) is 13.2. The second-order valence-electron chi connectivity index (χ2n) is 15.2. The van der Waals surface area contributed by atoms with Gasteiger partial charge in [-0.05, 0) is 134 Å². The summed E-state index contributed by atoms with van der Waals surface area (Å²) in [6, 6.07) is 7.62. The Morgan fingerprint density at radius 1 is 0.976 bits per heavy atom. The van der Waals surface area contributed by atoms with Crippen molar-refractivity contribution in [2.24, 2.45) is 51.6 Å². The normalized spacial score (nSPS) is 40.4. The quantitative estimate of drug-likeness (QED) is 0.316. The Morgan fingerprint density at radius 3 is 2.34 bits per heavy atom. The van der Waals surface area contributed by atoms with E-state index in [0.29, 0.717) is 27.9 Å². The molecule has 6 rings (SSSR count). The average Bonchev–Trinajstić information content (AvgIpc) is 3.37. The van der Waals surface area contributed by atoms with Crippen LogP contribution in [-0.4, -0.2) is 29.7 Å². The largest absolute Gasteiger partial charge is 0.478 e. The summed E-state index contributed by atoms with van der Waals surface area (Å²) in [4.78, 5) is 11.4. The molecule has 8 atom stereocenters. The second kappa shape index (κ2) is 11.3. The number of carboxylic acid groups (broad SMARTS) is 1. The van der Waals surface area contributed by atoms with Gasteiger partial charge in [0, 0.05) is 18.6 Å². The zero-order chi connectivity index (χ0) is 29.6. The fourth-order valence-corrected chi connectivity index (χ4v) is 11.7.